The summed E-state index contributed by atoms with van der Waals surface area (Å²) < 4.78 is 5.64. The number of hydrogen-bond acceptors (Lipinski definition) is 3. The molecule has 0 aromatic heterocycles. The van der Waals surface area contributed by atoms with Crippen LogP contribution in [0.5, 0.6) is 5.75 Å². The third-order valence-electron chi connectivity index (χ3n) is 3.32. The number of nitrogen functional groups attached to an aromatic ring is 1. The topological polar surface area (TPSA) is 64.3 Å². The number of carbonyl (C=O) groups is 1. The molecule has 0 aliphatic rings. The summed E-state index contributed by atoms with van der Waals surface area (Å²) in [5.41, 5.74) is 9.29. The zero-order valence-electron chi connectivity index (χ0n) is 14.4. The van der Waals surface area contributed by atoms with Crippen LogP contribution in [0.1, 0.15) is 25.0 Å². The van der Waals surface area contributed by atoms with Gasteiger partial charge in [-0.3, -0.25) is 4.79 Å². The zero-order chi connectivity index (χ0) is 17.5. The van der Waals surface area contributed by atoms with Crippen molar-refractivity contribution in [1.82, 2.24) is 0 Å². The van der Waals surface area contributed by atoms with Gasteiger partial charge in [-0.25, -0.2) is 0 Å². The minimum absolute atomic E-state index is 0.181. The van der Waals surface area contributed by atoms with Gasteiger partial charge in [-0.2, -0.15) is 0 Å². The van der Waals surface area contributed by atoms with Crippen molar-refractivity contribution in [1.29, 1.82) is 0 Å². The molecule has 0 spiro atoms. The van der Waals surface area contributed by atoms with Crippen molar-refractivity contribution < 1.29 is 9.53 Å². The van der Waals surface area contributed by atoms with Gasteiger partial charge in [0.1, 0.15) is 5.75 Å². The van der Waals surface area contributed by atoms with Crippen LogP contribution in [0.2, 0.25) is 0 Å². The second-order valence-electron chi connectivity index (χ2n) is 6.19. The highest BCUT2D eigenvalue weighted by Gasteiger charge is 2.03. The summed E-state index contributed by atoms with van der Waals surface area (Å²) in [5, 5.41) is 2.83. The van der Waals surface area contributed by atoms with Crippen molar-refractivity contribution in [3.05, 3.63) is 59.7 Å². The molecule has 0 fully saturated rings. The van der Waals surface area contributed by atoms with E-state index >= 15 is 0 Å². The number of hydrogen-bond donors (Lipinski definition) is 2. The summed E-state index contributed by atoms with van der Waals surface area (Å²) in [4.78, 5) is 12.0. The Balaban J connectivity index is 1.98. The standard InChI is InChI=1S/C20H24N2O2/c1-14(2)13-24-19-9-7-16(12-18(19)21)8-10-20(23)22-17-6-4-5-15(3)11-17/h4-12,14H,13,21H2,1-3H3,(H,22,23)/b10-8-. The summed E-state index contributed by atoms with van der Waals surface area (Å²) in [5.74, 6) is 0.929. The number of aryl methyl sites for hydroxylation is 1. The van der Waals surface area contributed by atoms with Crippen molar-refractivity contribution in [2.24, 2.45) is 5.92 Å². The molecule has 0 heterocycles. The summed E-state index contributed by atoms with van der Waals surface area (Å²) >= 11 is 0. The smallest absolute Gasteiger partial charge is 0.248 e. The number of amides is 1. The molecular formula is C20H24N2O2. The molecule has 3 N–H and O–H groups in total. The Morgan fingerprint density at radius 3 is 2.71 bits per heavy atom. The van der Waals surface area contributed by atoms with Crippen molar-refractivity contribution >= 4 is 23.4 Å². The lowest BCUT2D eigenvalue weighted by molar-refractivity contribution is -0.111. The minimum Gasteiger partial charge on any atom is -0.491 e. The first-order valence-electron chi connectivity index (χ1n) is 8.02. The molecule has 24 heavy (non-hydrogen) atoms. The lowest BCUT2D eigenvalue weighted by Crippen LogP contribution is -2.07. The maximum atomic E-state index is 12.0. The van der Waals surface area contributed by atoms with Gasteiger partial charge in [0.15, 0.2) is 0 Å². The number of ether oxygens (including phenoxy) is 1. The maximum absolute atomic E-state index is 12.0. The molecular weight excluding hydrogens is 300 g/mol. The largest absolute Gasteiger partial charge is 0.491 e. The molecule has 0 atom stereocenters. The highest BCUT2D eigenvalue weighted by atomic mass is 16.5. The summed E-state index contributed by atoms with van der Waals surface area (Å²) in [6.07, 6.45) is 3.22. The summed E-state index contributed by atoms with van der Waals surface area (Å²) in [6, 6.07) is 13.2. The molecule has 0 radical (unpaired) electrons. The Labute approximate surface area is 143 Å². The molecule has 2 aromatic rings. The van der Waals surface area contributed by atoms with E-state index in [1.165, 1.54) is 6.08 Å². The fourth-order valence-corrected chi connectivity index (χ4v) is 2.14. The van der Waals surface area contributed by atoms with Gasteiger partial charge in [-0.05, 0) is 54.3 Å². The molecule has 4 nitrogen and oxygen atoms in total. The van der Waals surface area contributed by atoms with Crippen LogP contribution < -0.4 is 15.8 Å². The highest BCUT2D eigenvalue weighted by Crippen LogP contribution is 2.23. The molecule has 1 amide bonds. The van der Waals surface area contributed by atoms with E-state index in [0.29, 0.717) is 24.0 Å². The maximum Gasteiger partial charge on any atom is 0.248 e. The molecule has 0 aliphatic carbocycles. The first kappa shape index (κ1) is 17.6. The van der Waals surface area contributed by atoms with E-state index in [1.807, 2.05) is 43.3 Å². The lowest BCUT2D eigenvalue weighted by atomic mass is 10.1. The van der Waals surface area contributed by atoms with Gasteiger partial charge in [0.05, 0.1) is 12.3 Å². The average Bonchev–Trinajstić information content (AvgIpc) is 2.52. The van der Waals surface area contributed by atoms with E-state index in [0.717, 1.165) is 16.8 Å². The van der Waals surface area contributed by atoms with Crippen molar-refractivity contribution in [2.75, 3.05) is 17.7 Å². The predicted molar refractivity (Wildman–Crippen MR) is 100 cm³/mol. The lowest BCUT2D eigenvalue weighted by Gasteiger charge is -2.11. The number of anilines is 2. The van der Waals surface area contributed by atoms with Crippen LogP contribution in [0.15, 0.2) is 48.5 Å². The molecule has 4 heteroatoms. The van der Waals surface area contributed by atoms with E-state index in [-0.39, 0.29) is 5.91 Å². The van der Waals surface area contributed by atoms with Gasteiger partial charge in [0.2, 0.25) is 5.91 Å². The zero-order valence-corrected chi connectivity index (χ0v) is 14.4. The number of rotatable bonds is 6. The number of nitrogens with two attached hydrogens (primary N) is 1. The van der Waals surface area contributed by atoms with E-state index in [2.05, 4.69) is 19.2 Å². The van der Waals surface area contributed by atoms with E-state index < -0.39 is 0 Å². The van der Waals surface area contributed by atoms with Crippen LogP contribution in [-0.4, -0.2) is 12.5 Å². The quantitative estimate of drug-likeness (QED) is 0.616. The van der Waals surface area contributed by atoms with Gasteiger partial charge < -0.3 is 15.8 Å². The first-order valence-corrected chi connectivity index (χ1v) is 8.02. The summed E-state index contributed by atoms with van der Waals surface area (Å²) in [6.45, 7) is 6.77. The number of nitrogens with one attached hydrogen (secondary N) is 1. The molecule has 0 aliphatic heterocycles. The average molecular weight is 324 g/mol. The second kappa shape index (κ2) is 8.20. The van der Waals surface area contributed by atoms with Gasteiger partial charge in [-0.15, -0.1) is 0 Å². The van der Waals surface area contributed by atoms with E-state index in [4.69, 9.17) is 10.5 Å². The van der Waals surface area contributed by atoms with Crippen LogP contribution in [0.4, 0.5) is 11.4 Å². The fourth-order valence-electron chi connectivity index (χ4n) is 2.14. The van der Waals surface area contributed by atoms with Crippen LogP contribution in [-0.2, 0) is 4.79 Å². The molecule has 2 aromatic carbocycles. The first-order chi connectivity index (χ1) is 11.4. The normalized spacial score (nSPS) is 11.0. The van der Waals surface area contributed by atoms with Crippen LogP contribution in [0.25, 0.3) is 6.08 Å². The highest BCUT2D eigenvalue weighted by molar-refractivity contribution is 6.02. The second-order valence-corrected chi connectivity index (χ2v) is 6.19. The molecule has 0 unspecified atom stereocenters. The molecule has 2 rings (SSSR count). The Hall–Kier alpha value is -2.75. The number of benzene rings is 2. The van der Waals surface area contributed by atoms with Crippen molar-refractivity contribution in [3.63, 3.8) is 0 Å². The Morgan fingerprint density at radius 2 is 2.04 bits per heavy atom. The van der Waals surface area contributed by atoms with Crippen LogP contribution >= 0.6 is 0 Å². The van der Waals surface area contributed by atoms with Crippen LogP contribution in [0.3, 0.4) is 0 Å². The minimum atomic E-state index is -0.181. The molecule has 0 saturated carbocycles. The third-order valence-corrected chi connectivity index (χ3v) is 3.32. The monoisotopic (exact) mass is 324 g/mol. The number of carbonyl (C=O) groups excluding carboxylic acids is 1. The molecule has 0 bridgehead atoms. The van der Waals surface area contributed by atoms with E-state index in [9.17, 15) is 4.79 Å². The van der Waals surface area contributed by atoms with E-state index in [1.54, 1.807) is 12.1 Å². The Bertz CT molecular complexity index is 736. The van der Waals surface area contributed by atoms with Gasteiger partial charge in [0, 0.05) is 11.8 Å². The Morgan fingerprint density at radius 1 is 1.25 bits per heavy atom. The molecule has 0 saturated heterocycles. The third kappa shape index (κ3) is 5.47. The van der Waals surface area contributed by atoms with Gasteiger partial charge in [0.25, 0.3) is 0 Å². The van der Waals surface area contributed by atoms with Crippen molar-refractivity contribution in [3.8, 4) is 5.75 Å². The predicted octanol–water partition coefficient (Wildman–Crippen LogP) is 4.26. The SMILES string of the molecule is Cc1cccc(NC(=O)/C=C\c2ccc(OCC(C)C)c(N)c2)c1. The van der Waals surface area contributed by atoms with Gasteiger partial charge >= 0.3 is 0 Å². The Kier molecular flexibility index (Phi) is 6.01. The van der Waals surface area contributed by atoms with Crippen molar-refractivity contribution in [2.45, 2.75) is 20.8 Å². The van der Waals surface area contributed by atoms with Gasteiger partial charge in [-0.1, -0.05) is 32.0 Å². The fraction of sp³-hybridized carbons (Fsp3) is 0.250. The van der Waals surface area contributed by atoms with Crippen LogP contribution in [0, 0.1) is 12.8 Å². The summed E-state index contributed by atoms with van der Waals surface area (Å²) in [7, 11) is 0. The molecule has 126 valence electrons.